The van der Waals surface area contributed by atoms with Crippen molar-refractivity contribution in [1.82, 2.24) is 10.2 Å². The summed E-state index contributed by atoms with van der Waals surface area (Å²) in [6.07, 6.45) is 8.44. The number of aliphatic hydroxyl groups excluding tert-OH is 2. The van der Waals surface area contributed by atoms with Crippen molar-refractivity contribution in [2.45, 2.75) is 122 Å². The number of carbonyl (C=O) groups excluding carboxylic acids is 2. The minimum absolute atomic E-state index is 0.0942. The van der Waals surface area contributed by atoms with E-state index in [2.05, 4.69) is 23.2 Å². The summed E-state index contributed by atoms with van der Waals surface area (Å²) < 4.78 is 22.8. The first kappa shape index (κ1) is 39.2. The second kappa shape index (κ2) is 19.0. The van der Waals surface area contributed by atoms with Gasteiger partial charge in [0.15, 0.2) is 6.10 Å². The molecule has 10 atom stereocenters. The van der Waals surface area contributed by atoms with E-state index < -0.39 is 36.0 Å². The molecule has 0 saturated carbocycles. The Bertz CT molecular complexity index is 1070. The number of hydrogen-bond donors (Lipinski definition) is 4. The monoisotopic (exact) mass is 664 g/mol. The summed E-state index contributed by atoms with van der Waals surface area (Å²) in [6, 6.07) is 0. The number of rotatable bonds is 13. The van der Waals surface area contributed by atoms with Crippen LogP contribution in [0.15, 0.2) is 36.0 Å². The van der Waals surface area contributed by atoms with Gasteiger partial charge < -0.3 is 39.6 Å². The van der Waals surface area contributed by atoms with Gasteiger partial charge in [0.2, 0.25) is 0 Å². The molecule has 3 aliphatic heterocycles. The molecule has 2 fully saturated rings. The summed E-state index contributed by atoms with van der Waals surface area (Å²) >= 11 is 0. The van der Waals surface area contributed by atoms with Gasteiger partial charge in [0.1, 0.15) is 11.7 Å². The van der Waals surface area contributed by atoms with Gasteiger partial charge in [-0.2, -0.15) is 0 Å². The summed E-state index contributed by atoms with van der Waals surface area (Å²) in [7, 11) is 0. The van der Waals surface area contributed by atoms with Gasteiger partial charge in [-0.1, -0.05) is 52.0 Å². The zero-order chi connectivity index (χ0) is 34.6. The van der Waals surface area contributed by atoms with Crippen molar-refractivity contribution >= 4 is 12.1 Å². The maximum absolute atomic E-state index is 12.8. The zero-order valence-corrected chi connectivity index (χ0v) is 29.3. The van der Waals surface area contributed by atoms with E-state index in [4.69, 9.17) is 18.9 Å². The van der Waals surface area contributed by atoms with E-state index in [1.165, 1.54) is 0 Å². The number of cyclic esters (lactones) is 1. The van der Waals surface area contributed by atoms with Crippen LogP contribution in [0, 0.1) is 17.8 Å². The van der Waals surface area contributed by atoms with E-state index in [9.17, 15) is 24.9 Å². The maximum atomic E-state index is 12.8. The van der Waals surface area contributed by atoms with Crippen molar-refractivity contribution in [1.29, 1.82) is 0 Å². The minimum Gasteiger partial charge on any atom is -0.457 e. The molecule has 0 aromatic rings. The van der Waals surface area contributed by atoms with Crippen LogP contribution in [0.5, 0.6) is 0 Å². The van der Waals surface area contributed by atoms with Crippen LogP contribution in [0.3, 0.4) is 0 Å². The van der Waals surface area contributed by atoms with Crippen LogP contribution in [0.2, 0.25) is 0 Å². The van der Waals surface area contributed by atoms with Gasteiger partial charge in [-0.3, -0.25) is 9.69 Å². The number of nitrogens with one attached hydrogen (secondary N) is 1. The molecule has 0 aromatic carbocycles. The Kier molecular flexibility index (Phi) is 15.9. The smallest absolute Gasteiger partial charge is 0.407 e. The molecular weight excluding hydrogens is 604 g/mol. The number of ether oxygens (including phenoxy) is 4. The Morgan fingerprint density at radius 3 is 2.68 bits per heavy atom. The van der Waals surface area contributed by atoms with Gasteiger partial charge in [0, 0.05) is 31.5 Å². The molecule has 0 aromatic heterocycles. The molecule has 3 rings (SSSR count). The normalized spacial score (nSPS) is 34.0. The van der Waals surface area contributed by atoms with Gasteiger partial charge >= 0.3 is 12.1 Å². The lowest BCUT2D eigenvalue weighted by Gasteiger charge is -2.32. The van der Waals surface area contributed by atoms with Crippen molar-refractivity contribution in [2.24, 2.45) is 17.8 Å². The Balaban J connectivity index is 1.63. The molecule has 0 spiro atoms. The molecule has 0 radical (unpaired) electrons. The number of epoxide rings is 1. The Labute approximate surface area is 281 Å². The van der Waals surface area contributed by atoms with Gasteiger partial charge in [-0.05, 0) is 70.1 Å². The van der Waals surface area contributed by atoms with Crippen LogP contribution < -0.4 is 5.32 Å². The molecule has 2 saturated heterocycles. The SMILES string of the molecule is CCC(O)C(C)C1OC1CC(C)/C=C/C=C(\C)C1OC(=O)CC(O)CCC(C)(O)C(OC(=O)NCCCN2CCOCC2)/C=C/C1C. The molecule has 11 heteroatoms. The number of aliphatic hydroxyl groups is 3. The number of morpholine rings is 1. The highest BCUT2D eigenvalue weighted by Crippen LogP contribution is 2.36. The topological polar surface area (TPSA) is 150 Å². The predicted molar refractivity (Wildman–Crippen MR) is 180 cm³/mol. The van der Waals surface area contributed by atoms with Crippen LogP contribution in [0.1, 0.15) is 80.1 Å². The largest absolute Gasteiger partial charge is 0.457 e. The number of nitrogens with zero attached hydrogens (tertiary/aromatic N) is 1. The van der Waals surface area contributed by atoms with E-state index in [-0.39, 0.29) is 55.3 Å². The van der Waals surface area contributed by atoms with E-state index in [0.717, 1.165) is 51.3 Å². The molecule has 3 heterocycles. The van der Waals surface area contributed by atoms with E-state index >= 15 is 0 Å². The van der Waals surface area contributed by atoms with Crippen molar-refractivity contribution in [3.8, 4) is 0 Å². The first-order valence-electron chi connectivity index (χ1n) is 17.5. The molecule has 0 bridgehead atoms. The second-order valence-electron chi connectivity index (χ2n) is 14.0. The van der Waals surface area contributed by atoms with Crippen molar-refractivity contribution in [3.05, 3.63) is 36.0 Å². The average Bonchev–Trinajstić information content (AvgIpc) is 3.80. The predicted octanol–water partition coefficient (Wildman–Crippen LogP) is 3.91. The molecule has 1 amide bonds. The summed E-state index contributed by atoms with van der Waals surface area (Å²) in [5.74, 6) is -0.473. The van der Waals surface area contributed by atoms with Gasteiger partial charge in [-0.15, -0.1) is 0 Å². The lowest BCUT2D eigenvalue weighted by molar-refractivity contribution is -0.151. The first-order valence-corrected chi connectivity index (χ1v) is 17.5. The molecule has 11 nitrogen and oxygen atoms in total. The van der Waals surface area contributed by atoms with E-state index in [0.29, 0.717) is 13.0 Å². The number of carbonyl (C=O) groups is 2. The van der Waals surface area contributed by atoms with E-state index in [1.54, 1.807) is 19.1 Å². The molecule has 47 heavy (non-hydrogen) atoms. The third-order valence-electron chi connectivity index (χ3n) is 9.60. The van der Waals surface area contributed by atoms with E-state index in [1.807, 2.05) is 39.8 Å². The highest BCUT2D eigenvalue weighted by molar-refractivity contribution is 5.70. The van der Waals surface area contributed by atoms with Crippen LogP contribution in [-0.2, 0) is 23.7 Å². The minimum atomic E-state index is -1.47. The molecule has 0 aliphatic carbocycles. The average molecular weight is 665 g/mol. The van der Waals surface area contributed by atoms with Crippen LogP contribution in [-0.4, -0.2) is 114 Å². The third kappa shape index (κ3) is 13.3. The van der Waals surface area contributed by atoms with Crippen LogP contribution in [0.4, 0.5) is 4.79 Å². The standard InChI is InChI=1S/C36H60N2O9/c1-7-29(40)27(5)34-30(45-34)22-24(2)10-8-11-25(3)33-26(4)12-13-31(36(6,43)15-14-28(39)23-32(41)47-33)46-35(42)37-16-9-17-38-18-20-44-21-19-38/h8,10-13,24,26-31,33-34,39-40,43H,7,9,14-23H2,1-6H3,(H,37,42)/b10-8+,13-12+,25-11+. The lowest BCUT2D eigenvalue weighted by Crippen LogP contribution is -2.44. The van der Waals surface area contributed by atoms with Gasteiger partial charge in [-0.25, -0.2) is 4.79 Å². The number of amides is 1. The Hall–Kier alpha value is -2.28. The number of allylic oxidation sites excluding steroid dienone is 3. The van der Waals surface area contributed by atoms with Crippen molar-refractivity contribution < 1.29 is 43.9 Å². The maximum Gasteiger partial charge on any atom is 0.407 e. The van der Waals surface area contributed by atoms with Crippen molar-refractivity contribution in [2.75, 3.05) is 39.4 Å². The molecule has 268 valence electrons. The second-order valence-corrected chi connectivity index (χ2v) is 14.0. The fourth-order valence-electron chi connectivity index (χ4n) is 6.26. The summed E-state index contributed by atoms with van der Waals surface area (Å²) in [5.41, 5.74) is -0.658. The van der Waals surface area contributed by atoms with Crippen molar-refractivity contribution in [3.63, 3.8) is 0 Å². The summed E-state index contributed by atoms with van der Waals surface area (Å²) in [6.45, 7) is 16.0. The fraction of sp³-hybridized carbons (Fsp3) is 0.778. The van der Waals surface area contributed by atoms with Crippen LogP contribution >= 0.6 is 0 Å². The fourth-order valence-corrected chi connectivity index (χ4v) is 6.26. The highest BCUT2D eigenvalue weighted by Gasteiger charge is 2.45. The quantitative estimate of drug-likeness (QED) is 0.0751. The summed E-state index contributed by atoms with van der Waals surface area (Å²) in [5, 5.41) is 34.8. The number of esters is 1. The molecule has 3 aliphatic rings. The highest BCUT2D eigenvalue weighted by atomic mass is 16.6. The molecule has 10 unspecified atom stereocenters. The third-order valence-corrected chi connectivity index (χ3v) is 9.60. The Morgan fingerprint density at radius 1 is 1.26 bits per heavy atom. The molecular formula is C36H60N2O9. The first-order chi connectivity index (χ1) is 22.3. The number of alkyl carbamates (subject to hydrolysis) is 1. The van der Waals surface area contributed by atoms with Gasteiger partial charge in [0.05, 0.1) is 44.1 Å². The summed E-state index contributed by atoms with van der Waals surface area (Å²) in [4.78, 5) is 27.9. The van der Waals surface area contributed by atoms with Crippen LogP contribution in [0.25, 0.3) is 0 Å². The zero-order valence-electron chi connectivity index (χ0n) is 29.3. The Morgan fingerprint density at radius 2 is 1.98 bits per heavy atom. The molecule has 4 N–H and O–H groups in total. The number of hydrogen-bond acceptors (Lipinski definition) is 10. The van der Waals surface area contributed by atoms with Gasteiger partial charge in [0.25, 0.3) is 0 Å². The lowest BCUT2D eigenvalue weighted by atomic mass is 9.88.